The smallest absolute Gasteiger partial charge is 0.153 e. The van der Waals surface area contributed by atoms with Crippen LogP contribution in [0.1, 0.15) is 31.2 Å². The lowest BCUT2D eigenvalue weighted by Crippen LogP contribution is -2.26. The molecule has 5 nitrogen and oxygen atoms in total. The van der Waals surface area contributed by atoms with Gasteiger partial charge in [0.1, 0.15) is 11.3 Å². The van der Waals surface area contributed by atoms with Gasteiger partial charge in [-0.05, 0) is 44.9 Å². The first-order chi connectivity index (χ1) is 12.3. The van der Waals surface area contributed by atoms with E-state index in [1.807, 2.05) is 24.4 Å². The Labute approximate surface area is 148 Å². The van der Waals surface area contributed by atoms with Crippen molar-refractivity contribution in [2.45, 2.75) is 38.3 Å². The molecule has 4 rings (SSSR count). The summed E-state index contributed by atoms with van der Waals surface area (Å²) in [6.45, 7) is 2.79. The largest absolute Gasteiger partial charge is 0.454 e. The van der Waals surface area contributed by atoms with Crippen molar-refractivity contribution >= 4 is 11.0 Å². The third-order valence-corrected chi connectivity index (χ3v) is 4.94. The maximum atomic E-state index is 5.98. The number of hydrogen-bond donors (Lipinski definition) is 1. The van der Waals surface area contributed by atoms with Gasteiger partial charge in [0, 0.05) is 30.6 Å². The molecule has 1 aliphatic heterocycles. The molecular weight excluding hydrogens is 314 g/mol. The fraction of sp³-hybridized carbons (Fsp3) is 0.450. The van der Waals surface area contributed by atoms with Crippen molar-refractivity contribution in [3.63, 3.8) is 0 Å². The molecule has 1 atom stereocenters. The van der Waals surface area contributed by atoms with E-state index in [2.05, 4.69) is 34.3 Å². The Morgan fingerprint density at radius 3 is 3.04 bits per heavy atom. The Balaban J connectivity index is 1.42. The Morgan fingerprint density at radius 1 is 1.28 bits per heavy atom. The van der Waals surface area contributed by atoms with Crippen molar-refractivity contribution in [2.75, 3.05) is 20.2 Å². The minimum atomic E-state index is 0.426. The highest BCUT2D eigenvalue weighted by atomic mass is 16.5. The number of hydrogen-bond acceptors (Lipinski definition) is 4. The van der Waals surface area contributed by atoms with Crippen LogP contribution in [0.5, 0.6) is 0 Å². The number of aromatic amines is 1. The maximum absolute atomic E-state index is 5.98. The lowest BCUT2D eigenvalue weighted by molar-refractivity contribution is 0.00641. The number of fused-ring (bicyclic) bond motifs is 1. The van der Waals surface area contributed by atoms with E-state index < -0.39 is 0 Å². The van der Waals surface area contributed by atoms with Crippen molar-refractivity contribution in [3.05, 3.63) is 42.1 Å². The number of rotatable bonds is 6. The summed E-state index contributed by atoms with van der Waals surface area (Å²) in [5.74, 6) is 0.845. The predicted octanol–water partition coefficient (Wildman–Crippen LogP) is 4.21. The fourth-order valence-corrected chi connectivity index (χ4v) is 3.52. The minimum Gasteiger partial charge on any atom is -0.454 e. The van der Waals surface area contributed by atoms with Crippen LogP contribution in [0.25, 0.3) is 22.4 Å². The van der Waals surface area contributed by atoms with Crippen LogP contribution >= 0.6 is 0 Å². The van der Waals surface area contributed by atoms with Gasteiger partial charge in [0.15, 0.2) is 5.76 Å². The minimum absolute atomic E-state index is 0.426. The molecule has 1 fully saturated rings. The Bertz CT molecular complexity index is 784. The topological polar surface area (TPSA) is 54.3 Å². The second kappa shape index (κ2) is 7.42. The number of nitrogens with zero attached hydrogens (tertiary/aromatic N) is 2. The summed E-state index contributed by atoms with van der Waals surface area (Å²) in [6.07, 6.45) is 7.12. The molecule has 0 amide bonds. The highest BCUT2D eigenvalue weighted by Crippen LogP contribution is 2.29. The summed E-state index contributed by atoms with van der Waals surface area (Å²) in [6, 6.07) is 10.1. The average Bonchev–Trinajstić information content (AvgIpc) is 3.27. The van der Waals surface area contributed by atoms with Crippen LogP contribution in [0.15, 0.2) is 40.9 Å². The second-order valence-corrected chi connectivity index (χ2v) is 6.93. The van der Waals surface area contributed by atoms with Crippen LogP contribution < -0.4 is 0 Å². The highest BCUT2D eigenvalue weighted by molar-refractivity contribution is 5.82. The highest BCUT2D eigenvalue weighted by Gasteiger charge is 2.17. The van der Waals surface area contributed by atoms with Crippen molar-refractivity contribution in [1.82, 2.24) is 15.1 Å². The monoisotopic (exact) mass is 339 g/mol. The van der Waals surface area contributed by atoms with Crippen molar-refractivity contribution < 1.29 is 9.15 Å². The van der Waals surface area contributed by atoms with Gasteiger partial charge >= 0.3 is 0 Å². The molecule has 132 valence electrons. The molecule has 2 aromatic heterocycles. The second-order valence-electron chi connectivity index (χ2n) is 6.93. The zero-order valence-electron chi connectivity index (χ0n) is 14.7. The van der Waals surface area contributed by atoms with Gasteiger partial charge in [-0.2, -0.15) is 5.10 Å². The van der Waals surface area contributed by atoms with E-state index in [0.717, 1.165) is 54.1 Å². The molecule has 5 heteroatoms. The summed E-state index contributed by atoms with van der Waals surface area (Å²) in [5.41, 5.74) is 3.03. The zero-order valence-corrected chi connectivity index (χ0v) is 14.7. The van der Waals surface area contributed by atoms with Crippen LogP contribution in [0, 0.1) is 0 Å². The molecule has 1 aromatic carbocycles. The molecule has 0 radical (unpaired) electrons. The summed E-state index contributed by atoms with van der Waals surface area (Å²) in [7, 11) is 2.15. The van der Waals surface area contributed by atoms with Gasteiger partial charge in [0.2, 0.25) is 0 Å². The van der Waals surface area contributed by atoms with E-state index in [1.54, 1.807) is 0 Å². The average molecular weight is 339 g/mol. The molecule has 0 saturated carbocycles. The Hall–Kier alpha value is -2.11. The van der Waals surface area contributed by atoms with E-state index in [9.17, 15) is 0 Å². The van der Waals surface area contributed by atoms with E-state index >= 15 is 0 Å². The predicted molar refractivity (Wildman–Crippen MR) is 98.3 cm³/mol. The summed E-state index contributed by atoms with van der Waals surface area (Å²) in [4.78, 5) is 2.33. The Kier molecular flexibility index (Phi) is 4.85. The third-order valence-electron chi connectivity index (χ3n) is 4.94. The molecular formula is C20H25N3O2. The van der Waals surface area contributed by atoms with Crippen LogP contribution in [-0.2, 0) is 11.3 Å². The fourth-order valence-electron chi connectivity index (χ4n) is 3.52. The lowest BCUT2D eigenvalue weighted by Gasteiger charge is -2.25. The molecule has 1 N–H and O–H groups in total. The zero-order chi connectivity index (χ0) is 17.1. The van der Waals surface area contributed by atoms with Gasteiger partial charge in [-0.3, -0.25) is 5.10 Å². The first-order valence-corrected chi connectivity index (χ1v) is 9.11. The van der Waals surface area contributed by atoms with E-state index in [0.29, 0.717) is 6.10 Å². The lowest BCUT2D eigenvalue weighted by atomic mass is 10.1. The number of benzene rings is 1. The van der Waals surface area contributed by atoms with E-state index in [-0.39, 0.29) is 0 Å². The van der Waals surface area contributed by atoms with Crippen molar-refractivity contribution in [2.24, 2.45) is 0 Å². The van der Waals surface area contributed by atoms with Gasteiger partial charge in [-0.1, -0.05) is 18.2 Å². The number of aromatic nitrogens is 2. The first-order valence-electron chi connectivity index (χ1n) is 9.11. The molecule has 25 heavy (non-hydrogen) atoms. The molecule has 0 aliphatic carbocycles. The van der Waals surface area contributed by atoms with Crippen molar-refractivity contribution in [1.29, 1.82) is 0 Å². The Morgan fingerprint density at radius 2 is 2.20 bits per heavy atom. The van der Waals surface area contributed by atoms with Gasteiger partial charge in [-0.25, -0.2) is 0 Å². The standard InChI is InChI=1S/C20H25N3O2/c1-23(10-9-17-7-4-5-11-24-17)14-16-13-21-22-20(16)19-12-15-6-2-3-8-18(15)25-19/h2-3,6,8,12-13,17H,4-5,7,9-11,14H2,1H3,(H,21,22). The van der Waals surface area contributed by atoms with Crippen LogP contribution in [0.4, 0.5) is 0 Å². The van der Waals surface area contributed by atoms with Crippen LogP contribution in [-0.4, -0.2) is 41.4 Å². The summed E-state index contributed by atoms with van der Waals surface area (Å²) >= 11 is 0. The molecule has 1 unspecified atom stereocenters. The van der Waals surface area contributed by atoms with Gasteiger partial charge in [0.05, 0.1) is 12.3 Å². The summed E-state index contributed by atoms with van der Waals surface area (Å²) in [5, 5.41) is 8.45. The maximum Gasteiger partial charge on any atom is 0.153 e. The summed E-state index contributed by atoms with van der Waals surface area (Å²) < 4.78 is 11.8. The molecule has 3 heterocycles. The van der Waals surface area contributed by atoms with Crippen LogP contribution in [0.2, 0.25) is 0 Å². The van der Waals surface area contributed by atoms with Gasteiger partial charge in [-0.15, -0.1) is 0 Å². The molecule has 1 aliphatic rings. The molecule has 0 bridgehead atoms. The number of para-hydroxylation sites is 1. The van der Waals surface area contributed by atoms with E-state index in [4.69, 9.17) is 9.15 Å². The van der Waals surface area contributed by atoms with Crippen molar-refractivity contribution in [3.8, 4) is 11.5 Å². The normalized spacial score (nSPS) is 18.2. The third kappa shape index (κ3) is 3.78. The molecule has 3 aromatic rings. The molecule has 0 spiro atoms. The van der Waals surface area contributed by atoms with Crippen LogP contribution in [0.3, 0.4) is 0 Å². The number of nitrogens with one attached hydrogen (secondary N) is 1. The van der Waals surface area contributed by atoms with Gasteiger partial charge < -0.3 is 14.1 Å². The molecule has 1 saturated heterocycles. The van der Waals surface area contributed by atoms with Gasteiger partial charge in [0.25, 0.3) is 0 Å². The first kappa shape index (κ1) is 16.4. The SMILES string of the molecule is CN(CCC1CCCCO1)Cc1cn[nH]c1-c1cc2ccccc2o1. The van der Waals surface area contributed by atoms with E-state index in [1.165, 1.54) is 19.3 Å². The number of furan rings is 1. The number of ether oxygens (including phenoxy) is 1. The number of H-pyrrole nitrogens is 1. The quantitative estimate of drug-likeness (QED) is 0.731.